The topological polar surface area (TPSA) is 61.5 Å². The first-order valence-electron chi connectivity index (χ1n) is 9.35. The Labute approximate surface area is 155 Å². The van der Waals surface area contributed by atoms with Crippen molar-refractivity contribution in [1.82, 2.24) is 10.3 Å². The van der Waals surface area contributed by atoms with E-state index < -0.39 is 0 Å². The first kappa shape index (κ1) is 18.2. The number of benzene rings is 2. The molecule has 3 rings (SSSR count). The zero-order chi connectivity index (χ0) is 18.4. The molecule has 0 fully saturated rings. The van der Waals surface area contributed by atoms with E-state index in [2.05, 4.69) is 65.9 Å². The minimum Gasteiger partial charge on any atom is -0.361 e. The Bertz CT molecular complexity index is 839. The number of nitrogens with two attached hydrogens (primary N) is 1. The third-order valence-corrected chi connectivity index (χ3v) is 4.85. The van der Waals surface area contributed by atoms with E-state index in [1.807, 2.05) is 24.4 Å². The molecule has 4 N–H and O–H groups in total. The molecule has 0 aliphatic heterocycles. The van der Waals surface area contributed by atoms with Crippen LogP contribution in [0.3, 0.4) is 0 Å². The molecule has 3 aromatic rings. The van der Waals surface area contributed by atoms with E-state index in [4.69, 9.17) is 0 Å². The fourth-order valence-electron chi connectivity index (χ4n) is 3.45. The molecule has 136 valence electrons. The van der Waals surface area contributed by atoms with Crippen LogP contribution in [0.4, 0.5) is 0 Å². The third-order valence-electron chi connectivity index (χ3n) is 4.85. The van der Waals surface area contributed by atoms with Crippen molar-refractivity contribution in [3.05, 3.63) is 71.9 Å². The zero-order valence-corrected chi connectivity index (χ0v) is 15.5. The summed E-state index contributed by atoms with van der Waals surface area (Å²) in [7, 11) is 0. The Kier molecular flexibility index (Phi) is 6.08. The van der Waals surface area contributed by atoms with Crippen LogP contribution in [-0.2, 0) is 11.2 Å². The normalized spacial score (nSPS) is 12.4. The molecular weight excluding hydrogens is 322 g/mol. The summed E-state index contributed by atoms with van der Waals surface area (Å²) in [6.07, 6.45) is 2.87. The Morgan fingerprint density at radius 2 is 1.81 bits per heavy atom. The lowest BCUT2D eigenvalue weighted by Crippen LogP contribution is -2.88. The molecule has 1 heterocycles. The van der Waals surface area contributed by atoms with E-state index in [9.17, 15) is 4.79 Å². The van der Waals surface area contributed by atoms with Crippen molar-refractivity contribution >= 4 is 16.8 Å². The van der Waals surface area contributed by atoms with E-state index in [0.29, 0.717) is 25.0 Å². The molecular formula is C22H28N3O+. The molecule has 0 bridgehead atoms. The minimum atomic E-state index is 0.0893. The summed E-state index contributed by atoms with van der Waals surface area (Å²) in [5.41, 5.74) is 3.66. The number of rotatable bonds is 8. The Morgan fingerprint density at radius 1 is 1.08 bits per heavy atom. The molecule has 4 heteroatoms. The fourth-order valence-corrected chi connectivity index (χ4v) is 3.45. The summed E-state index contributed by atoms with van der Waals surface area (Å²) in [4.78, 5) is 15.5. The first-order valence-corrected chi connectivity index (χ1v) is 9.35. The highest BCUT2D eigenvalue weighted by Crippen LogP contribution is 2.18. The molecule has 0 spiro atoms. The van der Waals surface area contributed by atoms with Crippen molar-refractivity contribution in [2.75, 3.05) is 13.1 Å². The number of H-pyrrole nitrogens is 1. The van der Waals surface area contributed by atoms with Gasteiger partial charge in [0.2, 0.25) is 0 Å². The van der Waals surface area contributed by atoms with Gasteiger partial charge in [-0.1, -0.05) is 62.4 Å². The number of aromatic nitrogens is 1. The zero-order valence-electron chi connectivity index (χ0n) is 15.5. The van der Waals surface area contributed by atoms with Gasteiger partial charge in [0.25, 0.3) is 5.91 Å². The van der Waals surface area contributed by atoms with Crippen LogP contribution < -0.4 is 10.6 Å². The molecule has 0 saturated heterocycles. The van der Waals surface area contributed by atoms with Crippen LogP contribution in [-0.4, -0.2) is 24.0 Å². The molecule has 0 aliphatic rings. The molecule has 0 aliphatic carbocycles. The van der Waals surface area contributed by atoms with Gasteiger partial charge in [0.15, 0.2) is 6.54 Å². The van der Waals surface area contributed by atoms with Gasteiger partial charge < -0.3 is 15.6 Å². The predicted molar refractivity (Wildman–Crippen MR) is 106 cm³/mol. The monoisotopic (exact) mass is 350 g/mol. The van der Waals surface area contributed by atoms with Gasteiger partial charge in [-0.05, 0) is 18.1 Å². The van der Waals surface area contributed by atoms with Crippen molar-refractivity contribution in [1.29, 1.82) is 0 Å². The van der Waals surface area contributed by atoms with Gasteiger partial charge in [-0.25, -0.2) is 0 Å². The van der Waals surface area contributed by atoms with E-state index in [0.717, 1.165) is 11.9 Å². The van der Waals surface area contributed by atoms with Crippen LogP contribution in [0, 0.1) is 5.92 Å². The van der Waals surface area contributed by atoms with Gasteiger partial charge in [0.05, 0.1) is 0 Å². The average Bonchev–Trinajstić information content (AvgIpc) is 3.06. The smallest absolute Gasteiger partial charge is 0.275 e. The van der Waals surface area contributed by atoms with Crippen LogP contribution in [0.5, 0.6) is 0 Å². The van der Waals surface area contributed by atoms with Gasteiger partial charge in [-0.3, -0.25) is 4.79 Å². The summed E-state index contributed by atoms with van der Waals surface area (Å²) < 4.78 is 0. The third kappa shape index (κ3) is 4.52. The van der Waals surface area contributed by atoms with Crippen molar-refractivity contribution in [2.24, 2.45) is 5.92 Å². The van der Waals surface area contributed by atoms with Gasteiger partial charge in [0.1, 0.15) is 6.04 Å². The number of para-hydroxylation sites is 1. The van der Waals surface area contributed by atoms with Crippen molar-refractivity contribution < 1.29 is 10.1 Å². The molecule has 0 saturated carbocycles. The highest BCUT2D eigenvalue weighted by Gasteiger charge is 2.20. The lowest BCUT2D eigenvalue weighted by atomic mass is 9.96. The second-order valence-electron chi connectivity index (χ2n) is 7.08. The highest BCUT2D eigenvalue weighted by molar-refractivity contribution is 5.83. The lowest BCUT2D eigenvalue weighted by molar-refractivity contribution is -0.692. The summed E-state index contributed by atoms with van der Waals surface area (Å²) in [6.45, 7) is 5.50. The van der Waals surface area contributed by atoms with Crippen LogP contribution in [0.15, 0.2) is 60.8 Å². The van der Waals surface area contributed by atoms with Crippen LogP contribution >= 0.6 is 0 Å². The molecule has 0 radical (unpaired) electrons. The summed E-state index contributed by atoms with van der Waals surface area (Å²) in [5, 5.41) is 6.42. The number of carbonyl (C=O) groups is 1. The van der Waals surface area contributed by atoms with E-state index in [1.54, 1.807) is 0 Å². The Balaban J connectivity index is 1.48. The summed E-state index contributed by atoms with van der Waals surface area (Å²) in [5.74, 6) is 0.558. The van der Waals surface area contributed by atoms with Gasteiger partial charge in [-0.15, -0.1) is 0 Å². The van der Waals surface area contributed by atoms with E-state index in [-0.39, 0.29) is 5.91 Å². The average molecular weight is 350 g/mol. The second-order valence-corrected chi connectivity index (χ2v) is 7.08. The number of hydrogen-bond acceptors (Lipinski definition) is 1. The number of nitrogens with one attached hydrogen (secondary N) is 2. The Hall–Kier alpha value is -2.59. The first-order chi connectivity index (χ1) is 12.6. The summed E-state index contributed by atoms with van der Waals surface area (Å²) in [6, 6.07) is 19.0. The molecule has 1 amide bonds. The number of hydrogen-bond donors (Lipinski definition) is 3. The van der Waals surface area contributed by atoms with Gasteiger partial charge in [0, 0.05) is 35.1 Å². The molecule has 26 heavy (non-hydrogen) atoms. The molecule has 1 atom stereocenters. The predicted octanol–water partition coefficient (Wildman–Crippen LogP) is 2.79. The van der Waals surface area contributed by atoms with Crippen LogP contribution in [0.25, 0.3) is 10.9 Å². The maximum Gasteiger partial charge on any atom is 0.275 e. The molecule has 2 aromatic carbocycles. The quantitative estimate of drug-likeness (QED) is 0.575. The van der Waals surface area contributed by atoms with Crippen LogP contribution in [0.2, 0.25) is 0 Å². The maximum absolute atomic E-state index is 12.2. The van der Waals surface area contributed by atoms with Gasteiger partial charge in [-0.2, -0.15) is 0 Å². The fraction of sp³-hybridized carbons (Fsp3) is 0.318. The SMILES string of the molecule is CC(C)[C@@H]([NH2+]CC(=O)NCCc1c[nH]c2ccccc12)c1ccccc1. The summed E-state index contributed by atoms with van der Waals surface area (Å²) >= 11 is 0. The minimum absolute atomic E-state index is 0.0893. The molecule has 0 unspecified atom stereocenters. The molecule has 1 aromatic heterocycles. The number of carbonyl (C=O) groups excluding carboxylic acids is 1. The maximum atomic E-state index is 12.2. The van der Waals surface area contributed by atoms with Crippen molar-refractivity contribution in [3.63, 3.8) is 0 Å². The molecule has 4 nitrogen and oxygen atoms in total. The van der Waals surface area contributed by atoms with Crippen molar-refractivity contribution in [2.45, 2.75) is 26.3 Å². The highest BCUT2D eigenvalue weighted by atomic mass is 16.1. The van der Waals surface area contributed by atoms with E-state index >= 15 is 0 Å². The Morgan fingerprint density at radius 3 is 2.58 bits per heavy atom. The number of fused-ring (bicyclic) bond motifs is 1. The standard InChI is InChI=1S/C22H27N3O/c1-16(2)22(17-8-4-3-5-9-17)25-15-21(26)23-13-12-18-14-24-20-11-7-6-10-19(18)20/h3-11,14,16,22,24-25H,12-13,15H2,1-2H3,(H,23,26)/p+1/t22-/m1/s1. The van der Waals surface area contributed by atoms with Crippen molar-refractivity contribution in [3.8, 4) is 0 Å². The van der Waals surface area contributed by atoms with E-state index in [1.165, 1.54) is 16.5 Å². The van der Waals surface area contributed by atoms with Crippen LogP contribution in [0.1, 0.15) is 31.0 Å². The second kappa shape index (κ2) is 8.68. The van der Waals surface area contributed by atoms with Gasteiger partial charge >= 0.3 is 0 Å². The largest absolute Gasteiger partial charge is 0.361 e. The number of amides is 1. The lowest BCUT2D eigenvalue weighted by Gasteiger charge is -2.19. The number of quaternary nitrogens is 1. The number of aromatic amines is 1.